The van der Waals surface area contributed by atoms with Crippen molar-refractivity contribution in [2.75, 3.05) is 6.54 Å². The molecule has 2 saturated carbocycles. The van der Waals surface area contributed by atoms with Crippen LogP contribution >= 0.6 is 0 Å². The van der Waals surface area contributed by atoms with Crippen LogP contribution < -0.4 is 5.32 Å². The average molecular weight is 167 g/mol. The van der Waals surface area contributed by atoms with Gasteiger partial charge in [0.05, 0.1) is 0 Å². The third-order valence-electron chi connectivity index (χ3n) is 3.94. The molecule has 12 heavy (non-hydrogen) atoms. The van der Waals surface area contributed by atoms with Crippen LogP contribution in [0.2, 0.25) is 0 Å². The number of carbonyl (C=O) groups is 1. The summed E-state index contributed by atoms with van der Waals surface area (Å²) in [4.78, 5) is 10.9. The van der Waals surface area contributed by atoms with Gasteiger partial charge in [0.25, 0.3) is 0 Å². The van der Waals surface area contributed by atoms with E-state index in [0.29, 0.717) is 5.41 Å². The van der Waals surface area contributed by atoms with E-state index in [-0.39, 0.29) is 0 Å². The molecule has 2 saturated heterocycles. The number of rotatable bonds is 2. The van der Waals surface area contributed by atoms with Gasteiger partial charge in [0.1, 0.15) is 5.54 Å². The SMILES string of the molecule is O=C(O)C12CC(C3CC3)(CN1)C2. The predicted octanol–water partition coefficient (Wildman–Crippen LogP) is 0.603. The van der Waals surface area contributed by atoms with Crippen LogP contribution in [-0.2, 0) is 4.79 Å². The normalized spacial score (nSPS) is 50.3. The minimum atomic E-state index is -0.642. The summed E-state index contributed by atoms with van der Waals surface area (Å²) in [5, 5.41) is 12.1. The molecule has 2 aliphatic heterocycles. The van der Waals surface area contributed by atoms with Crippen LogP contribution in [0.4, 0.5) is 0 Å². The lowest BCUT2D eigenvalue weighted by Crippen LogP contribution is -2.54. The monoisotopic (exact) mass is 167 g/mol. The summed E-state index contributed by atoms with van der Waals surface area (Å²) < 4.78 is 0. The molecule has 2 heterocycles. The summed E-state index contributed by atoms with van der Waals surface area (Å²) >= 11 is 0. The largest absolute Gasteiger partial charge is 0.480 e. The number of carboxylic acids is 1. The molecule has 0 aromatic rings. The fourth-order valence-corrected chi connectivity index (χ4v) is 3.10. The molecule has 4 rings (SSSR count). The van der Waals surface area contributed by atoms with Crippen molar-refractivity contribution >= 4 is 5.97 Å². The Morgan fingerprint density at radius 3 is 2.50 bits per heavy atom. The summed E-state index contributed by atoms with van der Waals surface area (Å²) in [6.45, 7) is 0.948. The van der Waals surface area contributed by atoms with E-state index in [4.69, 9.17) is 5.11 Å². The van der Waals surface area contributed by atoms with Gasteiger partial charge in [-0.25, -0.2) is 0 Å². The van der Waals surface area contributed by atoms with E-state index < -0.39 is 11.5 Å². The van der Waals surface area contributed by atoms with E-state index in [1.54, 1.807) is 0 Å². The molecule has 4 fully saturated rings. The molecular formula is C9H13NO2. The zero-order valence-electron chi connectivity index (χ0n) is 6.97. The van der Waals surface area contributed by atoms with E-state index >= 15 is 0 Å². The standard InChI is InChI=1S/C9H13NO2/c11-7(12)9-3-8(4-9,5-10-9)6-1-2-6/h6,10H,1-5H2,(H,11,12). The minimum Gasteiger partial charge on any atom is -0.480 e. The van der Waals surface area contributed by atoms with Crippen LogP contribution in [0.5, 0.6) is 0 Å². The van der Waals surface area contributed by atoms with Gasteiger partial charge in [-0.2, -0.15) is 0 Å². The first-order valence-electron chi connectivity index (χ1n) is 4.65. The van der Waals surface area contributed by atoms with Crippen molar-refractivity contribution in [2.45, 2.75) is 31.2 Å². The molecule has 0 aromatic heterocycles. The molecule has 66 valence electrons. The number of fused-ring (bicyclic) bond motifs is 1. The second-order valence-corrected chi connectivity index (χ2v) is 4.73. The fourth-order valence-electron chi connectivity index (χ4n) is 3.10. The highest BCUT2D eigenvalue weighted by Crippen LogP contribution is 2.64. The Labute approximate surface area is 71.1 Å². The molecule has 2 N–H and O–H groups in total. The third-order valence-corrected chi connectivity index (χ3v) is 3.94. The van der Waals surface area contributed by atoms with E-state index in [9.17, 15) is 4.79 Å². The van der Waals surface area contributed by atoms with Gasteiger partial charge in [-0.15, -0.1) is 0 Å². The summed E-state index contributed by atoms with van der Waals surface area (Å²) in [5.41, 5.74) is -0.110. The quantitative estimate of drug-likeness (QED) is 0.633. The molecule has 3 heteroatoms. The van der Waals surface area contributed by atoms with Crippen LogP contribution in [0.1, 0.15) is 25.7 Å². The van der Waals surface area contributed by atoms with Crippen LogP contribution in [0.3, 0.4) is 0 Å². The maximum absolute atomic E-state index is 10.9. The Morgan fingerprint density at radius 1 is 1.42 bits per heavy atom. The average Bonchev–Trinajstić information content (AvgIpc) is 2.63. The summed E-state index contributed by atoms with van der Waals surface area (Å²) in [6, 6.07) is 0. The second-order valence-electron chi connectivity index (χ2n) is 4.73. The highest BCUT2D eigenvalue weighted by molar-refractivity contribution is 5.81. The van der Waals surface area contributed by atoms with Crippen LogP contribution in [0.15, 0.2) is 0 Å². The predicted molar refractivity (Wildman–Crippen MR) is 42.8 cm³/mol. The maximum atomic E-state index is 10.9. The number of carboxylic acid groups (broad SMARTS) is 1. The molecule has 0 amide bonds. The molecule has 0 atom stereocenters. The van der Waals surface area contributed by atoms with E-state index in [1.807, 2.05) is 0 Å². The summed E-state index contributed by atoms with van der Waals surface area (Å²) in [6.07, 6.45) is 4.44. The molecule has 3 nitrogen and oxygen atoms in total. The van der Waals surface area contributed by atoms with Crippen molar-refractivity contribution in [3.05, 3.63) is 0 Å². The van der Waals surface area contributed by atoms with Crippen molar-refractivity contribution < 1.29 is 9.90 Å². The first-order valence-corrected chi connectivity index (χ1v) is 4.65. The van der Waals surface area contributed by atoms with Crippen molar-refractivity contribution in [1.29, 1.82) is 0 Å². The Hall–Kier alpha value is -0.570. The molecule has 2 bridgehead atoms. The van der Waals surface area contributed by atoms with Crippen LogP contribution in [0, 0.1) is 11.3 Å². The highest BCUT2D eigenvalue weighted by atomic mass is 16.4. The third kappa shape index (κ3) is 0.600. The Kier molecular flexibility index (Phi) is 0.971. The van der Waals surface area contributed by atoms with E-state index in [2.05, 4.69) is 5.32 Å². The zero-order chi connectivity index (χ0) is 8.40. The molecule has 0 radical (unpaired) electrons. The van der Waals surface area contributed by atoms with E-state index in [0.717, 1.165) is 25.3 Å². The van der Waals surface area contributed by atoms with Gasteiger partial charge in [0, 0.05) is 6.54 Å². The van der Waals surface area contributed by atoms with Gasteiger partial charge in [-0.3, -0.25) is 4.79 Å². The van der Waals surface area contributed by atoms with Gasteiger partial charge in [0.2, 0.25) is 0 Å². The summed E-state index contributed by atoms with van der Waals surface area (Å²) in [7, 11) is 0. The van der Waals surface area contributed by atoms with Crippen LogP contribution in [-0.4, -0.2) is 23.2 Å². The smallest absolute Gasteiger partial charge is 0.323 e. The molecule has 4 aliphatic rings. The maximum Gasteiger partial charge on any atom is 0.323 e. The first kappa shape index (κ1) is 6.89. The molecular weight excluding hydrogens is 154 g/mol. The van der Waals surface area contributed by atoms with Crippen molar-refractivity contribution in [2.24, 2.45) is 11.3 Å². The van der Waals surface area contributed by atoms with E-state index in [1.165, 1.54) is 12.8 Å². The van der Waals surface area contributed by atoms with Gasteiger partial charge in [-0.05, 0) is 37.0 Å². The highest BCUT2D eigenvalue weighted by Gasteiger charge is 2.68. The summed E-state index contributed by atoms with van der Waals surface area (Å²) in [5.74, 6) is 0.205. The van der Waals surface area contributed by atoms with Crippen LogP contribution in [0.25, 0.3) is 0 Å². The zero-order valence-corrected chi connectivity index (χ0v) is 6.97. The van der Waals surface area contributed by atoms with Gasteiger partial charge >= 0.3 is 5.97 Å². The number of hydrogen-bond donors (Lipinski definition) is 2. The lowest BCUT2D eigenvalue weighted by atomic mass is 9.59. The van der Waals surface area contributed by atoms with Gasteiger partial charge in [-0.1, -0.05) is 0 Å². The number of nitrogens with one attached hydrogen (secondary N) is 1. The molecule has 0 unspecified atom stereocenters. The minimum absolute atomic E-state index is 0.401. The Bertz CT molecular complexity index is 251. The Balaban J connectivity index is 1.83. The molecule has 0 spiro atoms. The van der Waals surface area contributed by atoms with Crippen molar-refractivity contribution in [3.8, 4) is 0 Å². The number of hydrogen-bond acceptors (Lipinski definition) is 2. The number of aliphatic carboxylic acids is 1. The van der Waals surface area contributed by atoms with Crippen molar-refractivity contribution in [1.82, 2.24) is 5.32 Å². The lowest BCUT2D eigenvalue weighted by molar-refractivity contribution is -0.149. The lowest BCUT2D eigenvalue weighted by Gasteiger charge is -2.43. The van der Waals surface area contributed by atoms with Gasteiger partial charge < -0.3 is 10.4 Å². The van der Waals surface area contributed by atoms with Crippen molar-refractivity contribution in [3.63, 3.8) is 0 Å². The topological polar surface area (TPSA) is 49.3 Å². The molecule has 2 aliphatic carbocycles. The fraction of sp³-hybridized carbons (Fsp3) is 0.889. The molecule has 0 aromatic carbocycles. The first-order chi connectivity index (χ1) is 5.67. The second kappa shape index (κ2) is 1.69. The Morgan fingerprint density at radius 2 is 2.08 bits per heavy atom. The van der Waals surface area contributed by atoms with Gasteiger partial charge in [0.15, 0.2) is 0 Å².